The highest BCUT2D eigenvalue weighted by atomic mass is 19.1. The summed E-state index contributed by atoms with van der Waals surface area (Å²) in [5.41, 5.74) is 0. The minimum atomic E-state index is -0.769. The van der Waals surface area contributed by atoms with Crippen LogP contribution in [0.5, 0.6) is 5.75 Å². The van der Waals surface area contributed by atoms with Crippen molar-refractivity contribution in [2.24, 2.45) is 0 Å². The second kappa shape index (κ2) is 9.08. The number of hydrogen-bond donors (Lipinski definition) is 2. The lowest BCUT2D eigenvalue weighted by Crippen LogP contribution is -2.38. The quantitative estimate of drug-likeness (QED) is 0.716. The Morgan fingerprint density at radius 1 is 1.20 bits per heavy atom. The lowest BCUT2D eigenvalue weighted by molar-refractivity contribution is 0.193. The molecule has 0 saturated heterocycles. The summed E-state index contributed by atoms with van der Waals surface area (Å²) < 4.78 is 35.8. The monoisotopic (exact) mass is 288 g/mol. The van der Waals surface area contributed by atoms with Gasteiger partial charge in [0.25, 0.3) is 0 Å². The van der Waals surface area contributed by atoms with E-state index in [9.17, 15) is 13.6 Å². The van der Waals surface area contributed by atoms with Crippen LogP contribution >= 0.6 is 0 Å². The largest absolute Gasteiger partial charge is 0.489 e. The molecule has 0 aliphatic rings. The van der Waals surface area contributed by atoms with E-state index in [1.807, 2.05) is 0 Å². The number of urea groups is 1. The van der Waals surface area contributed by atoms with Crippen LogP contribution in [0.2, 0.25) is 0 Å². The number of benzene rings is 1. The van der Waals surface area contributed by atoms with Gasteiger partial charge >= 0.3 is 6.03 Å². The lowest BCUT2D eigenvalue weighted by atomic mass is 10.3. The molecular formula is C13H18F2N2O3. The molecule has 5 nitrogen and oxygen atoms in total. The highest BCUT2D eigenvalue weighted by molar-refractivity contribution is 5.73. The predicted molar refractivity (Wildman–Crippen MR) is 69.7 cm³/mol. The zero-order chi connectivity index (χ0) is 14.8. The molecule has 0 spiro atoms. The molecule has 0 heterocycles. The maximum absolute atomic E-state index is 13.2. The Hall–Kier alpha value is -1.89. The van der Waals surface area contributed by atoms with Crippen LogP contribution < -0.4 is 15.4 Å². The zero-order valence-electron chi connectivity index (χ0n) is 11.2. The predicted octanol–water partition coefficient (Wildman–Crippen LogP) is 1.68. The summed E-state index contributed by atoms with van der Waals surface area (Å²) in [5, 5.41) is 5.17. The van der Waals surface area contributed by atoms with Crippen LogP contribution in [-0.2, 0) is 4.74 Å². The first-order valence-corrected chi connectivity index (χ1v) is 6.22. The van der Waals surface area contributed by atoms with E-state index in [2.05, 4.69) is 10.6 Å². The van der Waals surface area contributed by atoms with Gasteiger partial charge in [-0.15, -0.1) is 0 Å². The van der Waals surface area contributed by atoms with E-state index in [1.54, 1.807) is 7.11 Å². The number of ether oxygens (including phenoxy) is 2. The number of amides is 2. The fourth-order valence-corrected chi connectivity index (χ4v) is 1.40. The van der Waals surface area contributed by atoms with Crippen molar-refractivity contribution in [3.63, 3.8) is 0 Å². The van der Waals surface area contributed by atoms with Crippen LogP contribution in [-0.4, -0.2) is 39.4 Å². The summed E-state index contributed by atoms with van der Waals surface area (Å²) in [4.78, 5) is 11.3. The number of rotatable bonds is 8. The van der Waals surface area contributed by atoms with Crippen molar-refractivity contribution in [3.05, 3.63) is 29.8 Å². The average Bonchev–Trinajstić information content (AvgIpc) is 2.41. The fraction of sp³-hybridized carbons (Fsp3) is 0.462. The Bertz CT molecular complexity index is 430. The third kappa shape index (κ3) is 6.33. The molecular weight excluding hydrogens is 270 g/mol. The first-order chi connectivity index (χ1) is 9.63. The van der Waals surface area contributed by atoms with Crippen LogP contribution in [0, 0.1) is 11.6 Å². The van der Waals surface area contributed by atoms with Gasteiger partial charge in [0, 0.05) is 26.3 Å². The second-order valence-corrected chi connectivity index (χ2v) is 3.95. The Labute approximate surface area is 116 Å². The van der Waals surface area contributed by atoms with E-state index in [0.717, 1.165) is 18.6 Å². The summed E-state index contributed by atoms with van der Waals surface area (Å²) >= 11 is 0. The highest BCUT2D eigenvalue weighted by Gasteiger charge is 2.05. The van der Waals surface area contributed by atoms with Crippen molar-refractivity contribution < 1.29 is 23.0 Å². The molecule has 0 radical (unpaired) electrons. The summed E-state index contributed by atoms with van der Waals surface area (Å²) in [5.74, 6) is -1.48. The molecule has 1 rings (SSSR count). The van der Waals surface area contributed by atoms with Crippen LogP contribution in [0.3, 0.4) is 0 Å². The second-order valence-electron chi connectivity index (χ2n) is 3.95. The number of nitrogens with one attached hydrogen (secondary N) is 2. The number of carbonyl (C=O) groups excluding carboxylic acids is 1. The van der Waals surface area contributed by atoms with Crippen LogP contribution in [0.15, 0.2) is 18.2 Å². The Balaban J connectivity index is 2.13. The average molecular weight is 288 g/mol. The Morgan fingerprint density at radius 3 is 2.65 bits per heavy atom. The Kier molecular flexibility index (Phi) is 7.34. The molecule has 0 aliphatic carbocycles. The third-order valence-electron chi connectivity index (χ3n) is 2.35. The van der Waals surface area contributed by atoms with E-state index in [4.69, 9.17) is 9.47 Å². The van der Waals surface area contributed by atoms with Gasteiger partial charge in [0.05, 0.1) is 6.54 Å². The maximum Gasteiger partial charge on any atom is 0.314 e. The number of carbonyl (C=O) groups is 1. The molecule has 0 saturated carbocycles. The maximum atomic E-state index is 13.2. The van der Waals surface area contributed by atoms with Crippen LogP contribution in [0.1, 0.15) is 6.42 Å². The molecule has 0 unspecified atom stereocenters. The summed E-state index contributed by atoms with van der Waals surface area (Å²) in [6.07, 6.45) is 0.723. The van der Waals surface area contributed by atoms with Gasteiger partial charge in [0.15, 0.2) is 11.6 Å². The van der Waals surface area contributed by atoms with Crippen molar-refractivity contribution in [2.45, 2.75) is 6.42 Å². The van der Waals surface area contributed by atoms with Crippen molar-refractivity contribution in [1.82, 2.24) is 10.6 Å². The number of hydrogen-bond acceptors (Lipinski definition) is 3. The summed E-state index contributed by atoms with van der Waals surface area (Å²) in [6, 6.07) is 2.72. The van der Waals surface area contributed by atoms with Gasteiger partial charge in [0.2, 0.25) is 0 Å². The molecule has 0 aromatic heterocycles. The molecule has 0 aliphatic heterocycles. The molecule has 1 aromatic rings. The Morgan fingerprint density at radius 2 is 1.95 bits per heavy atom. The van der Waals surface area contributed by atoms with E-state index < -0.39 is 11.6 Å². The van der Waals surface area contributed by atoms with Crippen LogP contribution in [0.25, 0.3) is 0 Å². The van der Waals surface area contributed by atoms with Crippen molar-refractivity contribution >= 4 is 6.03 Å². The van der Waals surface area contributed by atoms with Gasteiger partial charge in [-0.2, -0.15) is 0 Å². The van der Waals surface area contributed by atoms with Gasteiger partial charge in [-0.25, -0.2) is 13.6 Å². The SMILES string of the molecule is COCCCNC(=O)NCCOc1ccc(F)cc1F. The third-order valence-corrected chi connectivity index (χ3v) is 2.35. The smallest absolute Gasteiger partial charge is 0.314 e. The first kappa shape index (κ1) is 16.2. The molecule has 0 bridgehead atoms. The van der Waals surface area contributed by atoms with Gasteiger partial charge in [-0.05, 0) is 18.6 Å². The van der Waals surface area contributed by atoms with Gasteiger partial charge < -0.3 is 20.1 Å². The number of halogens is 2. The van der Waals surface area contributed by atoms with Crippen molar-refractivity contribution in [1.29, 1.82) is 0 Å². The molecule has 2 N–H and O–H groups in total. The van der Waals surface area contributed by atoms with Crippen molar-refractivity contribution in [3.8, 4) is 5.75 Å². The molecule has 2 amide bonds. The highest BCUT2D eigenvalue weighted by Crippen LogP contribution is 2.17. The molecule has 0 fully saturated rings. The summed E-state index contributed by atoms with van der Waals surface area (Å²) in [6.45, 7) is 1.39. The fourth-order valence-electron chi connectivity index (χ4n) is 1.40. The lowest BCUT2D eigenvalue weighted by Gasteiger charge is -2.09. The van der Waals surface area contributed by atoms with Gasteiger partial charge in [-0.3, -0.25) is 0 Å². The van der Waals surface area contributed by atoms with Gasteiger partial charge in [-0.1, -0.05) is 0 Å². The zero-order valence-corrected chi connectivity index (χ0v) is 11.2. The minimum absolute atomic E-state index is 0.0475. The van der Waals surface area contributed by atoms with E-state index in [1.165, 1.54) is 6.07 Å². The molecule has 20 heavy (non-hydrogen) atoms. The van der Waals surface area contributed by atoms with E-state index in [-0.39, 0.29) is 24.9 Å². The normalized spacial score (nSPS) is 10.2. The summed E-state index contributed by atoms with van der Waals surface area (Å²) in [7, 11) is 1.59. The van der Waals surface area contributed by atoms with Crippen molar-refractivity contribution in [2.75, 3.05) is 33.4 Å². The molecule has 0 atom stereocenters. The minimum Gasteiger partial charge on any atom is -0.489 e. The molecule has 7 heteroatoms. The van der Waals surface area contributed by atoms with E-state index >= 15 is 0 Å². The topological polar surface area (TPSA) is 59.6 Å². The van der Waals surface area contributed by atoms with E-state index in [0.29, 0.717) is 13.2 Å². The standard InChI is InChI=1S/C13H18F2N2O3/c1-19-7-2-5-16-13(18)17-6-8-20-12-4-3-10(14)9-11(12)15/h3-4,9H,2,5-8H2,1H3,(H2,16,17,18). The molecule has 112 valence electrons. The number of methoxy groups -OCH3 is 1. The first-order valence-electron chi connectivity index (χ1n) is 6.22. The van der Waals surface area contributed by atoms with Crippen LogP contribution in [0.4, 0.5) is 13.6 Å². The van der Waals surface area contributed by atoms with Gasteiger partial charge in [0.1, 0.15) is 12.4 Å². The molecule has 1 aromatic carbocycles.